The van der Waals surface area contributed by atoms with E-state index in [4.69, 9.17) is 9.68 Å². The zero-order chi connectivity index (χ0) is 18.8. The number of nitrogens with zero attached hydrogens (tertiary/aromatic N) is 3. The molecular formula is C21H18BrN3O2. The zero-order valence-electron chi connectivity index (χ0n) is 14.7. The maximum absolute atomic E-state index is 12.8. The molecule has 0 N–H and O–H groups in total. The summed E-state index contributed by atoms with van der Waals surface area (Å²) in [5, 5.41) is 9.80. The topological polar surface area (TPSA) is 60.5 Å². The standard InChI is InChI=1S/C21H18BrN3O2/c22-18-3-1-2-17-12-19(27-20(17)18)21(26)25-10-8-24(9-11-25)14-16-6-4-15(13-23)5-7-16/h1-7,12H,8-11,14H2. The first kappa shape index (κ1) is 17.8. The van der Waals surface area contributed by atoms with Gasteiger partial charge in [-0.2, -0.15) is 5.26 Å². The van der Waals surface area contributed by atoms with Gasteiger partial charge in [0.1, 0.15) is 5.58 Å². The molecule has 0 atom stereocenters. The SMILES string of the molecule is N#Cc1ccc(CN2CCN(C(=O)c3cc4cccc(Br)c4o3)CC2)cc1. The quantitative estimate of drug-likeness (QED) is 0.637. The number of carbonyl (C=O) groups excluding carboxylic acids is 1. The van der Waals surface area contributed by atoms with Gasteiger partial charge in [-0.15, -0.1) is 0 Å². The number of para-hydroxylation sites is 1. The van der Waals surface area contributed by atoms with Crippen LogP contribution in [0.4, 0.5) is 0 Å². The summed E-state index contributed by atoms with van der Waals surface area (Å²) in [5.41, 5.74) is 2.56. The van der Waals surface area contributed by atoms with Gasteiger partial charge in [-0.1, -0.05) is 24.3 Å². The summed E-state index contributed by atoms with van der Waals surface area (Å²) in [6.45, 7) is 3.80. The minimum absolute atomic E-state index is 0.0591. The monoisotopic (exact) mass is 423 g/mol. The van der Waals surface area contributed by atoms with Crippen molar-refractivity contribution >= 4 is 32.8 Å². The van der Waals surface area contributed by atoms with E-state index < -0.39 is 0 Å². The van der Waals surface area contributed by atoms with Gasteiger partial charge in [0.2, 0.25) is 0 Å². The number of amides is 1. The van der Waals surface area contributed by atoms with E-state index in [1.54, 1.807) is 0 Å². The highest BCUT2D eigenvalue weighted by molar-refractivity contribution is 9.10. The molecule has 0 spiro atoms. The van der Waals surface area contributed by atoms with Crippen molar-refractivity contribution in [1.82, 2.24) is 9.80 Å². The van der Waals surface area contributed by atoms with E-state index in [1.165, 1.54) is 5.56 Å². The van der Waals surface area contributed by atoms with E-state index in [2.05, 4.69) is 26.9 Å². The molecule has 4 rings (SSSR count). The lowest BCUT2D eigenvalue weighted by atomic mass is 10.1. The Hall–Kier alpha value is -2.62. The second kappa shape index (κ2) is 7.55. The Kier molecular flexibility index (Phi) is 4.97. The number of halogens is 1. The van der Waals surface area contributed by atoms with E-state index >= 15 is 0 Å². The maximum atomic E-state index is 12.8. The van der Waals surface area contributed by atoms with Gasteiger partial charge in [-0.3, -0.25) is 9.69 Å². The number of hydrogen-bond acceptors (Lipinski definition) is 4. The highest BCUT2D eigenvalue weighted by Crippen LogP contribution is 2.27. The van der Waals surface area contributed by atoms with E-state index in [-0.39, 0.29) is 5.91 Å². The number of nitriles is 1. The van der Waals surface area contributed by atoms with Crippen LogP contribution >= 0.6 is 15.9 Å². The van der Waals surface area contributed by atoms with Crippen LogP contribution in [0.3, 0.4) is 0 Å². The molecule has 0 radical (unpaired) electrons. The molecule has 27 heavy (non-hydrogen) atoms. The number of piperazine rings is 1. The Morgan fingerprint density at radius 2 is 1.85 bits per heavy atom. The van der Waals surface area contributed by atoms with Crippen LogP contribution in [0.2, 0.25) is 0 Å². The summed E-state index contributed by atoms with van der Waals surface area (Å²) < 4.78 is 6.63. The molecule has 5 nitrogen and oxygen atoms in total. The van der Waals surface area contributed by atoms with Gasteiger partial charge in [0.25, 0.3) is 5.91 Å². The molecule has 0 unspecified atom stereocenters. The molecule has 1 aromatic heterocycles. The maximum Gasteiger partial charge on any atom is 0.289 e. The first-order valence-electron chi connectivity index (χ1n) is 8.83. The lowest BCUT2D eigenvalue weighted by molar-refractivity contribution is 0.0600. The van der Waals surface area contributed by atoms with Crippen molar-refractivity contribution in [2.75, 3.05) is 26.2 Å². The van der Waals surface area contributed by atoms with Gasteiger partial charge in [0.05, 0.1) is 16.1 Å². The molecule has 1 aliphatic rings. The van der Waals surface area contributed by atoms with E-state index in [9.17, 15) is 4.79 Å². The van der Waals surface area contributed by atoms with Gasteiger partial charge >= 0.3 is 0 Å². The fourth-order valence-corrected chi connectivity index (χ4v) is 3.80. The molecule has 3 aromatic rings. The van der Waals surface area contributed by atoms with Crippen LogP contribution in [-0.4, -0.2) is 41.9 Å². The molecule has 0 bridgehead atoms. The third-order valence-corrected chi connectivity index (χ3v) is 5.48. The lowest BCUT2D eigenvalue weighted by Crippen LogP contribution is -2.48. The van der Waals surface area contributed by atoms with E-state index in [1.807, 2.05) is 53.4 Å². The molecule has 1 saturated heterocycles. The third kappa shape index (κ3) is 3.75. The molecular weight excluding hydrogens is 406 g/mol. The Morgan fingerprint density at radius 1 is 1.11 bits per heavy atom. The van der Waals surface area contributed by atoms with Crippen molar-refractivity contribution in [2.24, 2.45) is 0 Å². The zero-order valence-corrected chi connectivity index (χ0v) is 16.3. The molecule has 136 valence electrons. The average Bonchev–Trinajstić information content (AvgIpc) is 3.14. The van der Waals surface area contributed by atoms with E-state index in [0.717, 1.165) is 29.5 Å². The van der Waals surface area contributed by atoms with Crippen molar-refractivity contribution in [1.29, 1.82) is 5.26 Å². The van der Waals surface area contributed by atoms with Crippen LogP contribution in [0, 0.1) is 11.3 Å². The second-order valence-corrected chi connectivity index (χ2v) is 7.50. The molecule has 2 aromatic carbocycles. The van der Waals surface area contributed by atoms with Crippen molar-refractivity contribution in [2.45, 2.75) is 6.54 Å². The third-order valence-electron chi connectivity index (χ3n) is 4.86. The van der Waals surface area contributed by atoms with Gasteiger partial charge in [0.15, 0.2) is 5.76 Å². The van der Waals surface area contributed by atoms with Crippen molar-refractivity contribution < 1.29 is 9.21 Å². The number of rotatable bonds is 3. The van der Waals surface area contributed by atoms with Gasteiger partial charge in [-0.25, -0.2) is 0 Å². The first-order chi connectivity index (χ1) is 13.1. The largest absolute Gasteiger partial charge is 0.450 e. The number of carbonyl (C=O) groups is 1. The predicted molar refractivity (Wildman–Crippen MR) is 106 cm³/mol. The number of fused-ring (bicyclic) bond motifs is 1. The molecule has 0 aliphatic carbocycles. The molecule has 1 fully saturated rings. The summed E-state index contributed by atoms with van der Waals surface area (Å²) >= 11 is 3.46. The van der Waals surface area contributed by atoms with Crippen molar-refractivity contribution in [3.05, 3.63) is 69.9 Å². The molecule has 1 aliphatic heterocycles. The number of benzene rings is 2. The first-order valence-corrected chi connectivity index (χ1v) is 9.62. The van der Waals surface area contributed by atoms with Crippen LogP contribution in [0.25, 0.3) is 11.0 Å². The Bertz CT molecular complexity index is 1010. The normalized spacial score (nSPS) is 15.0. The van der Waals surface area contributed by atoms with Crippen LogP contribution in [0.1, 0.15) is 21.7 Å². The van der Waals surface area contributed by atoms with Crippen LogP contribution < -0.4 is 0 Å². The smallest absolute Gasteiger partial charge is 0.289 e. The lowest BCUT2D eigenvalue weighted by Gasteiger charge is -2.34. The molecule has 1 amide bonds. The van der Waals surface area contributed by atoms with Crippen molar-refractivity contribution in [3.63, 3.8) is 0 Å². The summed E-state index contributed by atoms with van der Waals surface area (Å²) in [4.78, 5) is 17.0. The second-order valence-electron chi connectivity index (χ2n) is 6.65. The predicted octanol–water partition coefficient (Wildman–Crippen LogP) is 4.02. The minimum Gasteiger partial charge on any atom is -0.450 e. The molecule has 6 heteroatoms. The molecule has 0 saturated carbocycles. The van der Waals surface area contributed by atoms with E-state index in [0.29, 0.717) is 30.0 Å². The Balaban J connectivity index is 1.38. The van der Waals surface area contributed by atoms with Crippen LogP contribution in [-0.2, 0) is 6.54 Å². The summed E-state index contributed by atoms with van der Waals surface area (Å²) in [5.74, 6) is 0.327. The van der Waals surface area contributed by atoms with Crippen LogP contribution in [0.15, 0.2) is 57.4 Å². The van der Waals surface area contributed by atoms with Gasteiger partial charge in [-0.05, 0) is 45.8 Å². The van der Waals surface area contributed by atoms with Crippen molar-refractivity contribution in [3.8, 4) is 6.07 Å². The fourth-order valence-electron chi connectivity index (χ4n) is 3.34. The Labute approximate surface area is 165 Å². The van der Waals surface area contributed by atoms with Crippen LogP contribution in [0.5, 0.6) is 0 Å². The van der Waals surface area contributed by atoms with Gasteiger partial charge in [0, 0.05) is 38.1 Å². The average molecular weight is 424 g/mol. The summed E-state index contributed by atoms with van der Waals surface area (Å²) in [6, 6.07) is 17.4. The minimum atomic E-state index is -0.0591. The highest BCUT2D eigenvalue weighted by Gasteiger charge is 2.24. The summed E-state index contributed by atoms with van der Waals surface area (Å²) in [7, 11) is 0. The fraction of sp³-hybridized carbons (Fsp3) is 0.238. The Morgan fingerprint density at radius 3 is 2.52 bits per heavy atom. The number of hydrogen-bond donors (Lipinski definition) is 0. The molecule has 2 heterocycles. The number of furan rings is 1. The summed E-state index contributed by atoms with van der Waals surface area (Å²) in [6.07, 6.45) is 0. The highest BCUT2D eigenvalue weighted by atomic mass is 79.9. The van der Waals surface area contributed by atoms with Gasteiger partial charge < -0.3 is 9.32 Å².